The molecule has 0 heterocycles. The van der Waals surface area contributed by atoms with Crippen molar-refractivity contribution < 1.29 is 9.66 Å². The quantitative estimate of drug-likeness (QED) is 0.353. The number of alkyl halides is 1. The molecule has 0 aromatic heterocycles. The molecular weight excluding hydrogens is 253 g/mol. The second-order valence-electron chi connectivity index (χ2n) is 2.81. The molecule has 0 amide bonds. The predicted molar refractivity (Wildman–Crippen MR) is 63.5 cm³/mol. The van der Waals surface area contributed by atoms with Gasteiger partial charge in [-0.2, -0.15) is 0 Å². The molecule has 0 saturated heterocycles. The fourth-order valence-electron chi connectivity index (χ4n) is 0.989. The number of nitrogens with zero attached hydrogens (tertiary/aromatic N) is 1. The van der Waals surface area contributed by atoms with Crippen molar-refractivity contribution in [2.45, 2.75) is 0 Å². The van der Waals surface area contributed by atoms with Crippen molar-refractivity contribution in [2.24, 2.45) is 0 Å². The maximum absolute atomic E-state index is 10.4. The minimum Gasteiger partial charge on any atom is -0.488 e. The standard InChI is InChI=1S/C10H9Cl2NO3/c11-5-1-2-6-16-10-4-3-8(13(14)15)7-9(10)12/h1-4,7H,5-6H2. The molecule has 1 aromatic rings. The Bertz CT molecular complexity index is 407. The van der Waals surface area contributed by atoms with Gasteiger partial charge in [-0.1, -0.05) is 23.8 Å². The van der Waals surface area contributed by atoms with Crippen LogP contribution < -0.4 is 4.74 Å². The monoisotopic (exact) mass is 261 g/mol. The van der Waals surface area contributed by atoms with Gasteiger partial charge < -0.3 is 4.74 Å². The Morgan fingerprint density at radius 1 is 1.44 bits per heavy atom. The summed E-state index contributed by atoms with van der Waals surface area (Å²) < 4.78 is 5.27. The van der Waals surface area contributed by atoms with E-state index in [4.69, 9.17) is 27.9 Å². The first kappa shape index (κ1) is 12.8. The summed E-state index contributed by atoms with van der Waals surface area (Å²) >= 11 is 11.2. The minimum atomic E-state index is -0.511. The van der Waals surface area contributed by atoms with Crippen molar-refractivity contribution >= 4 is 28.9 Å². The molecule has 6 heteroatoms. The van der Waals surface area contributed by atoms with Gasteiger partial charge in [0.15, 0.2) is 0 Å². The maximum atomic E-state index is 10.4. The van der Waals surface area contributed by atoms with Crippen LogP contribution in [0.3, 0.4) is 0 Å². The Morgan fingerprint density at radius 2 is 2.19 bits per heavy atom. The molecule has 0 radical (unpaired) electrons. The third kappa shape index (κ3) is 3.72. The number of hydrogen-bond donors (Lipinski definition) is 0. The zero-order valence-corrected chi connectivity index (χ0v) is 9.74. The molecule has 86 valence electrons. The lowest BCUT2D eigenvalue weighted by atomic mass is 10.3. The molecule has 0 saturated carbocycles. The van der Waals surface area contributed by atoms with E-state index in [1.807, 2.05) is 0 Å². The van der Waals surface area contributed by atoms with Crippen LogP contribution in [-0.4, -0.2) is 17.4 Å². The summed E-state index contributed by atoms with van der Waals surface area (Å²) in [6, 6.07) is 4.06. The molecule has 0 aliphatic heterocycles. The van der Waals surface area contributed by atoms with Crippen LogP contribution in [0.1, 0.15) is 0 Å². The number of nitro benzene ring substituents is 1. The predicted octanol–water partition coefficient (Wildman–Crippen LogP) is 3.42. The second kappa shape index (κ2) is 6.35. The SMILES string of the molecule is O=[N+]([O-])c1ccc(OCC=CCCl)c(Cl)c1. The molecular formula is C10H9Cl2NO3. The van der Waals surface area contributed by atoms with E-state index in [1.165, 1.54) is 18.2 Å². The summed E-state index contributed by atoms with van der Waals surface area (Å²) in [4.78, 5) is 9.93. The Morgan fingerprint density at radius 3 is 2.75 bits per heavy atom. The highest BCUT2D eigenvalue weighted by Crippen LogP contribution is 2.28. The summed E-state index contributed by atoms with van der Waals surface area (Å²) in [6.07, 6.45) is 3.48. The number of allylic oxidation sites excluding steroid dienone is 1. The maximum Gasteiger partial charge on any atom is 0.271 e. The van der Waals surface area contributed by atoms with Crippen molar-refractivity contribution in [1.29, 1.82) is 0 Å². The van der Waals surface area contributed by atoms with Crippen molar-refractivity contribution in [3.8, 4) is 5.75 Å². The third-order valence-corrected chi connectivity index (χ3v) is 2.19. The van der Waals surface area contributed by atoms with Crippen molar-refractivity contribution in [3.63, 3.8) is 0 Å². The Kier molecular flexibility index (Phi) is 5.08. The van der Waals surface area contributed by atoms with Gasteiger partial charge in [0.05, 0.1) is 9.95 Å². The van der Waals surface area contributed by atoms with Crippen LogP contribution in [-0.2, 0) is 0 Å². The Hall–Kier alpha value is -1.26. The van der Waals surface area contributed by atoms with Crippen molar-refractivity contribution in [3.05, 3.63) is 45.5 Å². The molecule has 1 aromatic carbocycles. The van der Waals surface area contributed by atoms with Crippen LogP contribution in [0.15, 0.2) is 30.4 Å². The highest BCUT2D eigenvalue weighted by atomic mass is 35.5. The first-order valence-corrected chi connectivity index (χ1v) is 5.34. The van der Waals surface area contributed by atoms with E-state index >= 15 is 0 Å². The molecule has 0 bridgehead atoms. The van der Waals surface area contributed by atoms with Gasteiger partial charge in [-0.3, -0.25) is 10.1 Å². The lowest BCUT2D eigenvalue weighted by Gasteiger charge is -2.04. The average Bonchev–Trinajstić information content (AvgIpc) is 2.26. The largest absolute Gasteiger partial charge is 0.488 e. The van der Waals surface area contributed by atoms with Gasteiger partial charge in [-0.25, -0.2) is 0 Å². The number of hydrogen-bond acceptors (Lipinski definition) is 3. The number of rotatable bonds is 5. The van der Waals surface area contributed by atoms with E-state index in [9.17, 15) is 10.1 Å². The first-order chi connectivity index (χ1) is 7.65. The minimum absolute atomic E-state index is 0.0614. The molecule has 0 aliphatic carbocycles. The van der Waals surface area contributed by atoms with E-state index in [-0.39, 0.29) is 10.7 Å². The molecule has 0 unspecified atom stereocenters. The van der Waals surface area contributed by atoms with Gasteiger partial charge in [-0.05, 0) is 6.07 Å². The zero-order valence-electron chi connectivity index (χ0n) is 8.23. The van der Waals surface area contributed by atoms with Gasteiger partial charge >= 0.3 is 0 Å². The van der Waals surface area contributed by atoms with Crippen LogP contribution in [0.4, 0.5) is 5.69 Å². The van der Waals surface area contributed by atoms with E-state index in [0.29, 0.717) is 18.2 Å². The molecule has 0 spiro atoms. The molecule has 0 aliphatic rings. The van der Waals surface area contributed by atoms with E-state index in [0.717, 1.165) is 0 Å². The van der Waals surface area contributed by atoms with Gasteiger partial charge in [0.1, 0.15) is 12.4 Å². The van der Waals surface area contributed by atoms with Crippen molar-refractivity contribution in [1.82, 2.24) is 0 Å². The fourth-order valence-corrected chi connectivity index (χ4v) is 1.34. The van der Waals surface area contributed by atoms with Gasteiger partial charge in [-0.15, -0.1) is 11.6 Å². The van der Waals surface area contributed by atoms with Crippen LogP contribution in [0, 0.1) is 10.1 Å². The number of ether oxygens (including phenoxy) is 1. The molecule has 4 nitrogen and oxygen atoms in total. The molecule has 1 rings (SSSR count). The van der Waals surface area contributed by atoms with Crippen molar-refractivity contribution in [2.75, 3.05) is 12.5 Å². The highest BCUT2D eigenvalue weighted by molar-refractivity contribution is 6.32. The highest BCUT2D eigenvalue weighted by Gasteiger charge is 2.09. The summed E-state index contributed by atoms with van der Waals surface area (Å²) in [5.74, 6) is 0.823. The lowest BCUT2D eigenvalue weighted by molar-refractivity contribution is -0.384. The van der Waals surface area contributed by atoms with Crippen LogP contribution in [0.5, 0.6) is 5.75 Å². The molecule has 0 atom stereocenters. The average molecular weight is 262 g/mol. The topological polar surface area (TPSA) is 52.4 Å². The normalized spacial score (nSPS) is 10.6. The second-order valence-corrected chi connectivity index (χ2v) is 3.52. The van der Waals surface area contributed by atoms with Gasteiger partial charge in [0.2, 0.25) is 0 Å². The Labute approximate surface area is 103 Å². The van der Waals surface area contributed by atoms with Gasteiger partial charge in [0.25, 0.3) is 5.69 Å². The number of halogens is 2. The number of benzene rings is 1. The first-order valence-electron chi connectivity index (χ1n) is 4.43. The Balaban J connectivity index is 2.68. The molecule has 0 fully saturated rings. The summed E-state index contributed by atoms with van der Waals surface area (Å²) in [5.41, 5.74) is -0.0614. The summed E-state index contributed by atoms with van der Waals surface area (Å²) in [6.45, 7) is 0.324. The van der Waals surface area contributed by atoms with Gasteiger partial charge in [0, 0.05) is 18.0 Å². The third-order valence-electron chi connectivity index (χ3n) is 1.72. The summed E-state index contributed by atoms with van der Waals surface area (Å²) in [7, 11) is 0. The molecule has 16 heavy (non-hydrogen) atoms. The summed E-state index contributed by atoms with van der Waals surface area (Å²) in [5, 5.41) is 10.7. The molecule has 0 N–H and O–H groups in total. The van der Waals surface area contributed by atoms with Crippen LogP contribution in [0.2, 0.25) is 5.02 Å². The number of non-ortho nitro benzene ring substituents is 1. The zero-order chi connectivity index (χ0) is 12.0. The van der Waals surface area contributed by atoms with E-state index in [1.54, 1.807) is 12.2 Å². The fraction of sp³-hybridized carbons (Fsp3) is 0.200. The van der Waals surface area contributed by atoms with E-state index < -0.39 is 4.92 Å². The van der Waals surface area contributed by atoms with Crippen LogP contribution >= 0.6 is 23.2 Å². The van der Waals surface area contributed by atoms with E-state index in [2.05, 4.69) is 0 Å². The lowest BCUT2D eigenvalue weighted by Crippen LogP contribution is -1.95. The van der Waals surface area contributed by atoms with Crippen LogP contribution in [0.25, 0.3) is 0 Å². The number of nitro groups is 1. The smallest absolute Gasteiger partial charge is 0.271 e.